The third-order valence-corrected chi connectivity index (χ3v) is 4.80. The van der Waals surface area contributed by atoms with Gasteiger partial charge in [0.15, 0.2) is 5.17 Å². The molecule has 1 N–H and O–H groups in total. The number of aromatic hydroxyl groups is 1. The summed E-state index contributed by atoms with van der Waals surface area (Å²) in [5.74, 6) is 0.703. The van der Waals surface area contributed by atoms with E-state index in [-0.39, 0.29) is 11.7 Å². The molecule has 0 bridgehead atoms. The average Bonchev–Trinajstić information content (AvgIpc) is 2.85. The Hall–Kier alpha value is -2.73. The smallest absolute Gasteiger partial charge is 0.266 e. The van der Waals surface area contributed by atoms with Crippen LogP contribution in [0, 0.1) is 6.92 Å². The quantitative estimate of drug-likeness (QED) is 0.848. The highest BCUT2D eigenvalue weighted by Crippen LogP contribution is 2.35. The summed E-state index contributed by atoms with van der Waals surface area (Å²) in [4.78, 5) is 18.9. The van der Waals surface area contributed by atoms with Gasteiger partial charge in [0.2, 0.25) is 0 Å². The molecule has 2 aromatic rings. The molecule has 1 saturated heterocycles. The van der Waals surface area contributed by atoms with Crippen molar-refractivity contribution in [1.29, 1.82) is 0 Å². The molecule has 6 heteroatoms. The number of hydrogen-bond donors (Lipinski definition) is 1. The van der Waals surface area contributed by atoms with Crippen LogP contribution in [0.2, 0.25) is 0 Å². The largest absolute Gasteiger partial charge is 0.506 e. The van der Waals surface area contributed by atoms with Gasteiger partial charge in [-0.05, 0) is 60.2 Å². The normalized spacial score (nSPS) is 17.6. The fraction of sp³-hybridized carbons (Fsp3) is 0.158. The first kappa shape index (κ1) is 17.1. The summed E-state index contributed by atoms with van der Waals surface area (Å²) in [5.41, 5.74) is 2.27. The fourth-order valence-corrected chi connectivity index (χ4v) is 3.35. The number of amides is 1. The topological polar surface area (TPSA) is 62.1 Å². The molecule has 0 spiro atoms. The third kappa shape index (κ3) is 3.69. The molecule has 25 heavy (non-hydrogen) atoms. The molecule has 0 saturated carbocycles. The molecule has 5 nitrogen and oxygen atoms in total. The number of rotatable bonds is 3. The molecular formula is C19H18N2O3S. The van der Waals surface area contributed by atoms with Crippen molar-refractivity contribution < 1.29 is 14.6 Å². The number of methoxy groups -OCH3 is 1. The maximum Gasteiger partial charge on any atom is 0.266 e. The second-order valence-corrected chi connectivity index (χ2v) is 6.65. The Morgan fingerprint density at radius 2 is 2.04 bits per heavy atom. The molecule has 1 amide bonds. The van der Waals surface area contributed by atoms with Gasteiger partial charge < -0.3 is 9.84 Å². The van der Waals surface area contributed by atoms with Crippen LogP contribution in [-0.4, -0.2) is 35.2 Å². The van der Waals surface area contributed by atoms with Gasteiger partial charge in [-0.3, -0.25) is 9.69 Å². The highest BCUT2D eigenvalue weighted by Gasteiger charge is 2.30. The monoisotopic (exact) mass is 354 g/mol. The predicted octanol–water partition coefficient (Wildman–Crippen LogP) is 3.94. The fourth-order valence-electron chi connectivity index (χ4n) is 2.37. The van der Waals surface area contributed by atoms with E-state index >= 15 is 0 Å². The van der Waals surface area contributed by atoms with Crippen molar-refractivity contribution >= 4 is 34.6 Å². The van der Waals surface area contributed by atoms with Crippen molar-refractivity contribution in [3.63, 3.8) is 0 Å². The summed E-state index contributed by atoms with van der Waals surface area (Å²) >= 11 is 1.28. The summed E-state index contributed by atoms with van der Waals surface area (Å²) in [7, 11) is 3.28. The molecule has 0 aliphatic carbocycles. The number of amidine groups is 1. The first-order chi connectivity index (χ1) is 12.0. The zero-order chi connectivity index (χ0) is 18.0. The number of hydrogen-bond acceptors (Lipinski definition) is 5. The Bertz CT molecular complexity index is 890. The Kier molecular flexibility index (Phi) is 4.81. The second-order valence-electron chi connectivity index (χ2n) is 5.64. The first-order valence-electron chi connectivity index (χ1n) is 7.68. The molecule has 1 fully saturated rings. The highest BCUT2D eigenvalue weighted by atomic mass is 32.2. The third-order valence-electron chi connectivity index (χ3n) is 3.74. The minimum absolute atomic E-state index is 0.0965. The van der Waals surface area contributed by atoms with Gasteiger partial charge in [0, 0.05) is 7.05 Å². The molecule has 0 radical (unpaired) electrons. The average molecular weight is 354 g/mol. The minimum atomic E-state index is -0.127. The van der Waals surface area contributed by atoms with E-state index in [0.717, 1.165) is 16.9 Å². The van der Waals surface area contributed by atoms with Crippen molar-refractivity contribution in [2.45, 2.75) is 6.92 Å². The van der Waals surface area contributed by atoms with Gasteiger partial charge in [-0.1, -0.05) is 18.2 Å². The van der Waals surface area contributed by atoms with E-state index in [1.807, 2.05) is 43.3 Å². The van der Waals surface area contributed by atoms with Crippen molar-refractivity contribution in [1.82, 2.24) is 4.90 Å². The van der Waals surface area contributed by atoms with Gasteiger partial charge in [0.1, 0.15) is 17.2 Å². The van der Waals surface area contributed by atoms with Crippen LogP contribution in [0.25, 0.3) is 6.08 Å². The maximum absolute atomic E-state index is 12.5. The van der Waals surface area contributed by atoms with E-state index in [1.54, 1.807) is 26.3 Å². The highest BCUT2D eigenvalue weighted by molar-refractivity contribution is 8.18. The van der Waals surface area contributed by atoms with Gasteiger partial charge in [-0.15, -0.1) is 0 Å². The molecule has 1 aliphatic rings. The molecule has 3 rings (SSSR count). The molecule has 0 unspecified atom stereocenters. The lowest BCUT2D eigenvalue weighted by Crippen LogP contribution is -2.23. The van der Waals surface area contributed by atoms with Crippen LogP contribution in [0.3, 0.4) is 0 Å². The number of phenolic OH excluding ortho intramolecular Hbond substituents is 1. The van der Waals surface area contributed by atoms with E-state index < -0.39 is 0 Å². The predicted molar refractivity (Wildman–Crippen MR) is 101 cm³/mol. The Morgan fingerprint density at radius 1 is 1.24 bits per heavy atom. The number of thioether (sulfide) groups is 1. The lowest BCUT2D eigenvalue weighted by Gasteiger charge is -2.08. The van der Waals surface area contributed by atoms with Crippen LogP contribution in [0.1, 0.15) is 11.1 Å². The van der Waals surface area contributed by atoms with E-state index in [4.69, 9.17) is 4.74 Å². The number of phenols is 1. The van der Waals surface area contributed by atoms with E-state index in [2.05, 4.69) is 4.99 Å². The van der Waals surface area contributed by atoms with Crippen LogP contribution in [-0.2, 0) is 4.79 Å². The maximum atomic E-state index is 12.5. The van der Waals surface area contributed by atoms with E-state index in [0.29, 0.717) is 15.8 Å². The number of ether oxygens (including phenoxy) is 1. The lowest BCUT2D eigenvalue weighted by atomic mass is 10.2. The van der Waals surface area contributed by atoms with E-state index in [9.17, 15) is 9.90 Å². The minimum Gasteiger partial charge on any atom is -0.506 e. The van der Waals surface area contributed by atoms with Gasteiger partial charge in [-0.2, -0.15) is 0 Å². The summed E-state index contributed by atoms with van der Waals surface area (Å²) < 4.78 is 5.21. The number of nitrogens with zero attached hydrogens (tertiary/aromatic N) is 2. The Balaban J connectivity index is 1.91. The van der Waals surface area contributed by atoms with Crippen molar-refractivity contribution in [2.75, 3.05) is 14.2 Å². The first-order valence-corrected chi connectivity index (χ1v) is 8.49. The standard InChI is InChI=1S/C19H18N2O3S/c1-12-7-8-15(16(22)9-12)20-19-21(2)18(23)17(25-19)11-13-5-4-6-14(10-13)24-3/h4-11,22H,1-3H3/b17-11-,20-19?. The lowest BCUT2D eigenvalue weighted by molar-refractivity contribution is -0.121. The van der Waals surface area contributed by atoms with Crippen LogP contribution >= 0.6 is 11.8 Å². The molecule has 1 aliphatic heterocycles. The SMILES string of the molecule is COc1cccc(/C=C2\SC(=Nc3ccc(C)cc3O)N(C)C2=O)c1. The Morgan fingerprint density at radius 3 is 2.76 bits per heavy atom. The summed E-state index contributed by atoms with van der Waals surface area (Å²) in [6.07, 6.45) is 1.81. The van der Waals surface area contributed by atoms with Gasteiger partial charge in [0.25, 0.3) is 5.91 Å². The zero-order valence-corrected chi connectivity index (χ0v) is 15.0. The van der Waals surface area contributed by atoms with Crippen molar-refractivity contribution in [3.05, 3.63) is 58.5 Å². The number of benzene rings is 2. The van der Waals surface area contributed by atoms with Gasteiger partial charge >= 0.3 is 0 Å². The number of carbonyl (C=O) groups excluding carboxylic acids is 1. The summed E-state index contributed by atoms with van der Waals surface area (Å²) in [6, 6.07) is 12.7. The van der Waals surface area contributed by atoms with Crippen LogP contribution in [0.15, 0.2) is 52.4 Å². The van der Waals surface area contributed by atoms with Crippen LogP contribution in [0.4, 0.5) is 5.69 Å². The molecular weight excluding hydrogens is 336 g/mol. The molecule has 0 aromatic heterocycles. The number of carbonyl (C=O) groups is 1. The van der Waals surface area contributed by atoms with Crippen LogP contribution < -0.4 is 4.74 Å². The number of aryl methyl sites for hydroxylation is 1. The molecule has 2 aromatic carbocycles. The van der Waals surface area contributed by atoms with Gasteiger partial charge in [-0.25, -0.2) is 4.99 Å². The van der Waals surface area contributed by atoms with Gasteiger partial charge in [0.05, 0.1) is 12.0 Å². The molecule has 1 heterocycles. The summed E-state index contributed by atoms with van der Waals surface area (Å²) in [5, 5.41) is 10.5. The van der Waals surface area contributed by atoms with Crippen molar-refractivity contribution in [2.24, 2.45) is 4.99 Å². The Labute approximate surface area is 150 Å². The zero-order valence-electron chi connectivity index (χ0n) is 14.2. The van der Waals surface area contributed by atoms with E-state index in [1.165, 1.54) is 16.7 Å². The summed E-state index contributed by atoms with van der Waals surface area (Å²) in [6.45, 7) is 1.89. The number of likely N-dealkylation sites (N-methyl/N-ethyl adjacent to an activating group) is 1. The van der Waals surface area contributed by atoms with Crippen molar-refractivity contribution in [3.8, 4) is 11.5 Å². The van der Waals surface area contributed by atoms with Crippen LogP contribution in [0.5, 0.6) is 11.5 Å². The second kappa shape index (κ2) is 7.03. The molecule has 0 atom stereocenters. The number of aliphatic imine (C=N–C) groups is 1. The molecule has 128 valence electrons.